The van der Waals surface area contributed by atoms with Crippen molar-refractivity contribution in [3.05, 3.63) is 99.7 Å². The highest BCUT2D eigenvalue weighted by atomic mass is 32.1. The number of aryl methyl sites for hydroxylation is 3. The van der Waals surface area contributed by atoms with Crippen molar-refractivity contribution in [1.82, 2.24) is 4.57 Å². The van der Waals surface area contributed by atoms with Gasteiger partial charge >= 0.3 is 0 Å². The van der Waals surface area contributed by atoms with Crippen LogP contribution in [0.5, 0.6) is 5.75 Å². The van der Waals surface area contributed by atoms with Gasteiger partial charge in [-0.3, -0.25) is 0 Å². The van der Waals surface area contributed by atoms with E-state index < -0.39 is 0 Å². The Labute approximate surface area is 182 Å². The van der Waals surface area contributed by atoms with Crippen LogP contribution in [0.2, 0.25) is 0 Å². The van der Waals surface area contributed by atoms with Crippen molar-refractivity contribution >= 4 is 17.0 Å². The van der Waals surface area contributed by atoms with E-state index in [9.17, 15) is 0 Å². The maximum Gasteiger partial charge on any atom is 0.190 e. The fourth-order valence-corrected chi connectivity index (χ4v) is 4.66. The minimum Gasteiger partial charge on any atom is -0.497 e. The van der Waals surface area contributed by atoms with Crippen LogP contribution >= 0.6 is 11.3 Å². The second-order valence-corrected chi connectivity index (χ2v) is 8.54. The van der Waals surface area contributed by atoms with Crippen molar-refractivity contribution in [3.8, 4) is 17.0 Å². The molecule has 0 saturated carbocycles. The Balaban J connectivity index is 1.81. The third-order valence-electron chi connectivity index (χ3n) is 5.14. The molecular formula is C26H26N2OS. The number of ether oxygens (including phenoxy) is 1. The normalized spacial score (nSPS) is 11.6. The molecule has 3 nitrogen and oxygen atoms in total. The number of nitrogens with zero attached hydrogens (tertiary/aromatic N) is 2. The highest BCUT2D eigenvalue weighted by Gasteiger charge is 2.13. The molecule has 4 heteroatoms. The van der Waals surface area contributed by atoms with E-state index in [1.165, 1.54) is 27.3 Å². The highest BCUT2D eigenvalue weighted by molar-refractivity contribution is 7.09. The zero-order valence-corrected chi connectivity index (χ0v) is 18.4. The van der Waals surface area contributed by atoms with E-state index in [-0.39, 0.29) is 0 Å². The SMILES string of the molecule is COc1ccc(-c2c(C)sc(=Nc3cccc(C)c3)n2CCc2ccccc2)cc1. The second-order valence-electron chi connectivity index (χ2n) is 7.36. The molecule has 0 aliphatic rings. The van der Waals surface area contributed by atoms with Gasteiger partial charge in [-0.1, -0.05) is 42.5 Å². The maximum absolute atomic E-state index is 5.34. The monoisotopic (exact) mass is 414 g/mol. The fourth-order valence-electron chi connectivity index (χ4n) is 3.62. The second kappa shape index (κ2) is 9.14. The number of hydrogen-bond acceptors (Lipinski definition) is 3. The minimum atomic E-state index is 0.868. The van der Waals surface area contributed by atoms with Gasteiger partial charge in [-0.15, -0.1) is 11.3 Å². The van der Waals surface area contributed by atoms with Crippen molar-refractivity contribution < 1.29 is 4.74 Å². The van der Waals surface area contributed by atoms with Crippen molar-refractivity contribution in [2.75, 3.05) is 7.11 Å². The Kier molecular flexibility index (Phi) is 6.15. The molecule has 0 aliphatic heterocycles. The van der Waals surface area contributed by atoms with Crippen molar-refractivity contribution in [2.45, 2.75) is 26.8 Å². The minimum absolute atomic E-state index is 0.868. The number of hydrogen-bond donors (Lipinski definition) is 0. The molecule has 0 atom stereocenters. The van der Waals surface area contributed by atoms with Gasteiger partial charge < -0.3 is 9.30 Å². The fraction of sp³-hybridized carbons (Fsp3) is 0.192. The van der Waals surface area contributed by atoms with Crippen LogP contribution in [0.3, 0.4) is 0 Å². The zero-order chi connectivity index (χ0) is 20.9. The molecule has 152 valence electrons. The summed E-state index contributed by atoms with van der Waals surface area (Å²) in [6, 6.07) is 27.3. The number of thiazole rings is 1. The molecule has 0 saturated heterocycles. The van der Waals surface area contributed by atoms with Crippen LogP contribution in [0.15, 0.2) is 83.9 Å². The molecule has 0 unspecified atom stereocenters. The van der Waals surface area contributed by atoms with E-state index in [0.717, 1.165) is 29.2 Å². The predicted molar refractivity (Wildman–Crippen MR) is 126 cm³/mol. The number of benzene rings is 3. The van der Waals surface area contributed by atoms with Crippen molar-refractivity contribution in [1.29, 1.82) is 0 Å². The van der Waals surface area contributed by atoms with Gasteiger partial charge in [0.05, 0.1) is 18.5 Å². The van der Waals surface area contributed by atoms with Crippen LogP contribution < -0.4 is 9.54 Å². The summed E-state index contributed by atoms with van der Waals surface area (Å²) < 4.78 is 7.70. The summed E-state index contributed by atoms with van der Waals surface area (Å²) in [5.74, 6) is 0.868. The van der Waals surface area contributed by atoms with E-state index in [1.54, 1.807) is 18.4 Å². The summed E-state index contributed by atoms with van der Waals surface area (Å²) in [6.45, 7) is 5.16. The summed E-state index contributed by atoms with van der Waals surface area (Å²) >= 11 is 1.75. The molecule has 0 bridgehead atoms. The van der Waals surface area contributed by atoms with Crippen LogP contribution in [0.25, 0.3) is 11.3 Å². The Morgan fingerprint density at radius 2 is 1.67 bits per heavy atom. The predicted octanol–water partition coefficient (Wildman–Crippen LogP) is 6.32. The topological polar surface area (TPSA) is 26.5 Å². The molecule has 0 spiro atoms. The molecule has 0 aliphatic carbocycles. The maximum atomic E-state index is 5.34. The average molecular weight is 415 g/mol. The Bertz CT molecular complexity index is 1190. The van der Waals surface area contributed by atoms with Crippen molar-refractivity contribution in [3.63, 3.8) is 0 Å². The summed E-state index contributed by atoms with van der Waals surface area (Å²) in [5.41, 5.74) is 5.95. The largest absolute Gasteiger partial charge is 0.497 e. The molecule has 4 aromatic rings. The summed E-state index contributed by atoms with van der Waals surface area (Å²) in [4.78, 5) is 7.30. The smallest absolute Gasteiger partial charge is 0.190 e. The first-order chi connectivity index (χ1) is 14.6. The number of aromatic nitrogens is 1. The van der Waals surface area contributed by atoms with E-state index in [0.29, 0.717) is 0 Å². The van der Waals surface area contributed by atoms with Gasteiger partial charge in [-0.05, 0) is 73.4 Å². The highest BCUT2D eigenvalue weighted by Crippen LogP contribution is 2.28. The molecule has 1 heterocycles. The third-order valence-corrected chi connectivity index (χ3v) is 6.13. The van der Waals surface area contributed by atoms with Crippen LogP contribution in [0, 0.1) is 13.8 Å². The van der Waals surface area contributed by atoms with Gasteiger partial charge in [-0.25, -0.2) is 4.99 Å². The number of methoxy groups -OCH3 is 1. The standard InChI is InChI=1S/C26H26N2OS/c1-19-8-7-11-23(18-19)27-26-28(17-16-21-9-5-4-6-10-21)25(20(2)30-26)22-12-14-24(29-3)15-13-22/h4-15,18H,16-17H2,1-3H3. The molecular weight excluding hydrogens is 388 g/mol. The molecule has 0 fully saturated rings. The molecule has 0 amide bonds. The Morgan fingerprint density at radius 1 is 0.900 bits per heavy atom. The van der Waals surface area contributed by atoms with Gasteiger partial charge in [0, 0.05) is 11.4 Å². The van der Waals surface area contributed by atoms with Gasteiger partial charge in [0.25, 0.3) is 0 Å². The van der Waals surface area contributed by atoms with Crippen molar-refractivity contribution in [2.24, 2.45) is 4.99 Å². The zero-order valence-electron chi connectivity index (χ0n) is 17.6. The first-order valence-electron chi connectivity index (χ1n) is 10.1. The molecule has 30 heavy (non-hydrogen) atoms. The van der Waals surface area contributed by atoms with Gasteiger partial charge in [0.2, 0.25) is 0 Å². The van der Waals surface area contributed by atoms with Crippen LogP contribution in [0.1, 0.15) is 16.0 Å². The lowest BCUT2D eigenvalue weighted by Gasteiger charge is -2.11. The van der Waals surface area contributed by atoms with Crippen LogP contribution in [-0.4, -0.2) is 11.7 Å². The molecule has 1 aromatic heterocycles. The van der Waals surface area contributed by atoms with E-state index >= 15 is 0 Å². The van der Waals surface area contributed by atoms with E-state index in [4.69, 9.17) is 9.73 Å². The van der Waals surface area contributed by atoms with E-state index in [2.05, 4.69) is 85.1 Å². The number of rotatable bonds is 6. The van der Waals surface area contributed by atoms with Gasteiger partial charge in [0.1, 0.15) is 5.75 Å². The average Bonchev–Trinajstić information content (AvgIpc) is 3.07. The molecule has 3 aromatic carbocycles. The lowest BCUT2D eigenvalue weighted by Crippen LogP contribution is -2.17. The Morgan fingerprint density at radius 3 is 2.37 bits per heavy atom. The van der Waals surface area contributed by atoms with Crippen LogP contribution in [-0.2, 0) is 13.0 Å². The lowest BCUT2D eigenvalue weighted by molar-refractivity contribution is 0.415. The molecule has 0 radical (unpaired) electrons. The lowest BCUT2D eigenvalue weighted by atomic mass is 10.1. The van der Waals surface area contributed by atoms with E-state index in [1.807, 2.05) is 12.1 Å². The summed E-state index contributed by atoms with van der Waals surface area (Å²) in [6.07, 6.45) is 0.959. The molecule has 0 N–H and O–H groups in total. The van der Waals surface area contributed by atoms with Gasteiger partial charge in [0.15, 0.2) is 4.80 Å². The quantitative estimate of drug-likeness (QED) is 0.363. The summed E-state index contributed by atoms with van der Waals surface area (Å²) in [5, 5.41) is 0. The van der Waals surface area contributed by atoms with Crippen LogP contribution in [0.4, 0.5) is 5.69 Å². The first-order valence-corrected chi connectivity index (χ1v) is 11.0. The van der Waals surface area contributed by atoms with Gasteiger partial charge in [-0.2, -0.15) is 0 Å². The third kappa shape index (κ3) is 4.55. The molecule has 4 rings (SSSR count). The Hall–Kier alpha value is -3.11. The first kappa shape index (κ1) is 20.2. The summed E-state index contributed by atoms with van der Waals surface area (Å²) in [7, 11) is 1.70.